The minimum absolute atomic E-state index is 0.119. The van der Waals surface area contributed by atoms with Crippen LogP contribution < -0.4 is 11.2 Å². The molecule has 13 heteroatoms. The number of fused-ring (bicyclic) bond motifs is 1. The van der Waals surface area contributed by atoms with Gasteiger partial charge < -0.3 is 14.8 Å². The number of hydrogen-bond donors (Lipinski definition) is 2. The largest absolute Gasteiger partial charge is 0.505 e. The molecule has 2 N–H and O–H groups in total. The quantitative estimate of drug-likeness (QED) is 0.371. The molecule has 0 aliphatic heterocycles. The monoisotopic (exact) mass is 548 g/mol. The number of nitrogens with zero attached hydrogens (tertiary/aromatic N) is 4. The Morgan fingerprint density at radius 2 is 1.30 bits per heavy atom. The average Bonchev–Trinajstić information content (AvgIpc) is 3.14. The number of aromatic nitrogens is 4. The lowest BCUT2D eigenvalue weighted by Crippen LogP contribution is -2.37. The highest BCUT2D eigenvalue weighted by Gasteiger charge is 2.14. The van der Waals surface area contributed by atoms with E-state index in [-0.39, 0.29) is 32.8 Å². The zero-order valence-electron chi connectivity index (χ0n) is 17.3. The molecular weight excluding hydrogens is 534 g/mol. The van der Waals surface area contributed by atoms with Crippen molar-refractivity contribution >= 4 is 69.3 Å². The maximum atomic E-state index is 11.7. The molecule has 0 amide bonds. The number of rotatable bonds is 2. The molecule has 0 spiro atoms. The number of imidazole rings is 1. The first-order valence-corrected chi connectivity index (χ1v) is 11.4. The standard InChI is InChI=1S/C12H6Cl4O2S.C8H10N4O2/c13-5-1-7(15)11(17)9(3-5)19-10-4-6(14)2-8(16)12(10)18;1-10-4-9-6-5(10)7(13)12(3)8(14)11(6)2/h1-4,17-18H;4H,1-3H3. The number of halogens is 4. The molecule has 0 saturated heterocycles. The van der Waals surface area contributed by atoms with Gasteiger partial charge in [0.15, 0.2) is 11.2 Å². The molecule has 174 valence electrons. The van der Waals surface area contributed by atoms with Crippen LogP contribution in [0.1, 0.15) is 0 Å². The van der Waals surface area contributed by atoms with Crippen molar-refractivity contribution in [1.29, 1.82) is 0 Å². The molecule has 0 bridgehead atoms. The number of aryl methyl sites for hydroxylation is 2. The van der Waals surface area contributed by atoms with Gasteiger partial charge in [-0.3, -0.25) is 13.9 Å². The van der Waals surface area contributed by atoms with Crippen LogP contribution in [0.3, 0.4) is 0 Å². The van der Waals surface area contributed by atoms with Gasteiger partial charge >= 0.3 is 5.69 Å². The average molecular weight is 550 g/mol. The van der Waals surface area contributed by atoms with Crippen LogP contribution in [0.4, 0.5) is 0 Å². The predicted molar refractivity (Wildman–Crippen MR) is 132 cm³/mol. The second kappa shape index (κ2) is 9.90. The lowest BCUT2D eigenvalue weighted by molar-refractivity contribution is 0.460. The van der Waals surface area contributed by atoms with Gasteiger partial charge in [0.05, 0.1) is 26.2 Å². The Hall–Kier alpha value is -2.30. The summed E-state index contributed by atoms with van der Waals surface area (Å²) in [5.41, 5.74) is 0.180. The molecule has 0 atom stereocenters. The van der Waals surface area contributed by atoms with Gasteiger partial charge in [0.1, 0.15) is 11.5 Å². The number of aromatic hydroxyl groups is 2. The molecule has 0 saturated carbocycles. The van der Waals surface area contributed by atoms with Crippen LogP contribution in [0, 0.1) is 0 Å². The Balaban J connectivity index is 0.000000194. The van der Waals surface area contributed by atoms with Crippen LogP contribution in [0.2, 0.25) is 20.1 Å². The zero-order valence-corrected chi connectivity index (χ0v) is 21.1. The summed E-state index contributed by atoms with van der Waals surface area (Å²) in [5.74, 6) is -0.238. The van der Waals surface area contributed by atoms with E-state index >= 15 is 0 Å². The molecule has 0 fully saturated rings. The summed E-state index contributed by atoms with van der Waals surface area (Å²) in [6.07, 6.45) is 1.52. The molecule has 0 radical (unpaired) electrons. The van der Waals surface area contributed by atoms with E-state index in [2.05, 4.69) is 4.98 Å². The van der Waals surface area contributed by atoms with Gasteiger partial charge in [0, 0.05) is 31.2 Å². The highest BCUT2D eigenvalue weighted by atomic mass is 35.5. The highest BCUT2D eigenvalue weighted by molar-refractivity contribution is 7.99. The fourth-order valence-electron chi connectivity index (χ4n) is 2.83. The van der Waals surface area contributed by atoms with E-state index in [9.17, 15) is 19.8 Å². The Labute approximate surface area is 211 Å². The lowest BCUT2D eigenvalue weighted by Gasteiger charge is -2.09. The van der Waals surface area contributed by atoms with Crippen LogP contribution in [-0.4, -0.2) is 28.9 Å². The van der Waals surface area contributed by atoms with Gasteiger partial charge in [0.25, 0.3) is 5.56 Å². The molecule has 4 aromatic rings. The first kappa shape index (κ1) is 25.3. The zero-order chi connectivity index (χ0) is 24.6. The molecule has 8 nitrogen and oxygen atoms in total. The molecule has 2 aromatic heterocycles. The van der Waals surface area contributed by atoms with Crippen molar-refractivity contribution in [3.05, 3.63) is 71.5 Å². The summed E-state index contributed by atoms with van der Waals surface area (Å²) < 4.78 is 4.04. The number of phenolic OH excluding ortho intramolecular Hbond substituents is 2. The van der Waals surface area contributed by atoms with E-state index < -0.39 is 0 Å². The Morgan fingerprint density at radius 1 is 0.818 bits per heavy atom. The first-order chi connectivity index (χ1) is 15.4. The SMILES string of the molecule is Cn1c(=O)c2c(ncn2C)n(C)c1=O.Oc1c(Cl)cc(Cl)cc1Sc1cc(Cl)cc(Cl)c1O. The van der Waals surface area contributed by atoms with Crippen molar-refractivity contribution in [3.8, 4) is 11.5 Å². The summed E-state index contributed by atoms with van der Waals surface area (Å²) in [4.78, 5) is 27.9. The number of benzene rings is 2. The summed E-state index contributed by atoms with van der Waals surface area (Å²) in [6, 6.07) is 5.91. The van der Waals surface area contributed by atoms with Crippen molar-refractivity contribution in [1.82, 2.24) is 18.7 Å². The third kappa shape index (κ3) is 5.12. The third-order valence-electron chi connectivity index (χ3n) is 4.52. The van der Waals surface area contributed by atoms with Gasteiger partial charge in [-0.25, -0.2) is 9.78 Å². The lowest BCUT2D eigenvalue weighted by atomic mass is 10.3. The third-order valence-corrected chi connectivity index (χ3v) is 6.60. The molecule has 0 aliphatic rings. The Bertz CT molecular complexity index is 1440. The molecule has 2 heterocycles. The Morgan fingerprint density at radius 3 is 1.79 bits per heavy atom. The van der Waals surface area contributed by atoms with Crippen LogP contribution in [0.15, 0.2) is 50.0 Å². The maximum absolute atomic E-state index is 11.7. The fourth-order valence-corrected chi connectivity index (χ4v) is 5.08. The van der Waals surface area contributed by atoms with Crippen LogP contribution in [-0.2, 0) is 21.1 Å². The van der Waals surface area contributed by atoms with E-state index in [1.54, 1.807) is 18.7 Å². The molecular formula is C20H16Cl4N4O4S. The molecule has 4 rings (SSSR count). The van der Waals surface area contributed by atoms with E-state index in [1.165, 1.54) is 42.2 Å². The Kier molecular flexibility index (Phi) is 7.60. The van der Waals surface area contributed by atoms with Crippen molar-refractivity contribution in [2.75, 3.05) is 0 Å². The second-order valence-electron chi connectivity index (χ2n) is 6.80. The normalized spacial score (nSPS) is 10.9. The summed E-state index contributed by atoms with van der Waals surface area (Å²) in [7, 11) is 4.77. The number of hydrogen-bond acceptors (Lipinski definition) is 6. The van der Waals surface area contributed by atoms with Crippen LogP contribution >= 0.6 is 58.2 Å². The summed E-state index contributed by atoms with van der Waals surface area (Å²) >= 11 is 24.4. The molecule has 0 unspecified atom stereocenters. The van der Waals surface area contributed by atoms with Crippen molar-refractivity contribution in [2.24, 2.45) is 21.1 Å². The number of phenols is 2. The van der Waals surface area contributed by atoms with Gasteiger partial charge in [-0.2, -0.15) is 0 Å². The van der Waals surface area contributed by atoms with Gasteiger partial charge in [-0.1, -0.05) is 58.2 Å². The molecule has 2 aromatic carbocycles. The molecule has 0 aliphatic carbocycles. The molecule has 33 heavy (non-hydrogen) atoms. The smallest absolute Gasteiger partial charge is 0.332 e. The topological polar surface area (TPSA) is 102 Å². The maximum Gasteiger partial charge on any atom is 0.332 e. The van der Waals surface area contributed by atoms with Gasteiger partial charge in [-0.15, -0.1) is 0 Å². The highest BCUT2D eigenvalue weighted by Crippen LogP contribution is 2.45. The van der Waals surface area contributed by atoms with Crippen molar-refractivity contribution in [3.63, 3.8) is 0 Å². The minimum atomic E-state index is -0.360. The second-order valence-corrected chi connectivity index (χ2v) is 9.58. The predicted octanol–water partition coefficient (Wildman–Crippen LogP) is 4.83. The van der Waals surface area contributed by atoms with Gasteiger partial charge in [-0.05, 0) is 24.3 Å². The minimum Gasteiger partial charge on any atom is -0.505 e. The fraction of sp³-hybridized carbons (Fsp3) is 0.150. The van der Waals surface area contributed by atoms with Crippen molar-refractivity contribution in [2.45, 2.75) is 9.79 Å². The first-order valence-electron chi connectivity index (χ1n) is 9.03. The van der Waals surface area contributed by atoms with E-state index in [0.717, 1.165) is 16.3 Å². The van der Waals surface area contributed by atoms with E-state index in [4.69, 9.17) is 46.4 Å². The summed E-state index contributed by atoms with van der Waals surface area (Å²) in [5, 5.41) is 20.7. The van der Waals surface area contributed by atoms with Crippen molar-refractivity contribution < 1.29 is 10.2 Å². The van der Waals surface area contributed by atoms with Gasteiger partial charge in [0.2, 0.25) is 0 Å². The van der Waals surface area contributed by atoms with Crippen LogP contribution in [0.5, 0.6) is 11.5 Å². The summed E-state index contributed by atoms with van der Waals surface area (Å²) in [6.45, 7) is 0. The van der Waals surface area contributed by atoms with E-state index in [0.29, 0.717) is 31.0 Å². The van der Waals surface area contributed by atoms with Crippen LogP contribution in [0.25, 0.3) is 11.2 Å². The van der Waals surface area contributed by atoms with E-state index in [1.807, 2.05) is 0 Å².